The van der Waals surface area contributed by atoms with Crippen LogP contribution >= 0.6 is 46.1 Å². The third-order valence-corrected chi connectivity index (χ3v) is 6.45. The summed E-state index contributed by atoms with van der Waals surface area (Å²) in [6.45, 7) is 0.326. The van der Waals surface area contributed by atoms with Crippen molar-refractivity contribution in [2.75, 3.05) is 11.9 Å². The molecule has 0 radical (unpaired) electrons. The Kier molecular flexibility index (Phi) is 7.48. The number of benzene rings is 2. The average Bonchev–Trinajstić information content (AvgIpc) is 3.30. The number of halogens is 3. The van der Waals surface area contributed by atoms with Crippen molar-refractivity contribution < 1.29 is 9.59 Å². The van der Waals surface area contributed by atoms with Crippen LogP contribution in [-0.2, 0) is 6.54 Å². The average molecular weight is 532 g/mol. The topological polar surface area (TPSA) is 66.4 Å². The van der Waals surface area contributed by atoms with E-state index in [1.54, 1.807) is 55.0 Å². The van der Waals surface area contributed by atoms with E-state index in [1.165, 1.54) is 27.2 Å². The Balaban J connectivity index is 1.66. The van der Waals surface area contributed by atoms with E-state index in [-0.39, 0.29) is 22.2 Å². The van der Waals surface area contributed by atoms with Crippen LogP contribution in [0, 0.1) is 0 Å². The van der Waals surface area contributed by atoms with E-state index in [4.69, 9.17) is 34.8 Å². The molecule has 10 heteroatoms. The molecule has 0 aliphatic rings. The second-order valence-electron chi connectivity index (χ2n) is 7.24. The molecule has 172 valence electrons. The van der Waals surface area contributed by atoms with Gasteiger partial charge in [-0.2, -0.15) is 0 Å². The molecule has 6 nitrogen and oxygen atoms in total. The highest BCUT2D eigenvalue weighted by Gasteiger charge is 2.26. The summed E-state index contributed by atoms with van der Waals surface area (Å²) >= 11 is 19.5. The standard InChI is InChI=1S/C24H17Cl3N4O2S/c1-30(13-17-4-2-3-11-28-17)23(33)21-14-34-24(29-21)31(18-8-5-15(25)6-9-18)22(32)19-10-7-16(26)12-20(19)27/h2-12,14H,13H2,1H3. The molecule has 0 aliphatic heterocycles. The molecule has 0 unspecified atom stereocenters. The molecule has 2 aromatic heterocycles. The van der Waals surface area contributed by atoms with Crippen LogP contribution in [0.2, 0.25) is 15.1 Å². The minimum atomic E-state index is -0.417. The molecule has 2 heterocycles. The van der Waals surface area contributed by atoms with E-state index < -0.39 is 5.91 Å². The van der Waals surface area contributed by atoms with Gasteiger partial charge < -0.3 is 4.90 Å². The van der Waals surface area contributed by atoms with Crippen LogP contribution in [0.1, 0.15) is 26.5 Å². The van der Waals surface area contributed by atoms with Gasteiger partial charge >= 0.3 is 0 Å². The molecule has 0 atom stereocenters. The lowest BCUT2D eigenvalue weighted by Crippen LogP contribution is -2.28. The van der Waals surface area contributed by atoms with Crippen molar-refractivity contribution in [3.63, 3.8) is 0 Å². The van der Waals surface area contributed by atoms with Crippen molar-refractivity contribution in [3.8, 4) is 0 Å². The van der Waals surface area contributed by atoms with Crippen LogP contribution in [0.25, 0.3) is 0 Å². The zero-order valence-electron chi connectivity index (χ0n) is 17.8. The maximum atomic E-state index is 13.5. The Morgan fingerprint density at radius 1 is 0.941 bits per heavy atom. The Hall–Kier alpha value is -2.97. The highest BCUT2D eigenvalue weighted by molar-refractivity contribution is 7.14. The largest absolute Gasteiger partial charge is 0.334 e. The lowest BCUT2D eigenvalue weighted by molar-refractivity contribution is 0.0778. The molecule has 0 N–H and O–H groups in total. The second kappa shape index (κ2) is 10.5. The van der Waals surface area contributed by atoms with Gasteiger partial charge in [-0.25, -0.2) is 4.98 Å². The van der Waals surface area contributed by atoms with Gasteiger partial charge in [0.1, 0.15) is 5.69 Å². The molecule has 0 bridgehead atoms. The van der Waals surface area contributed by atoms with Gasteiger partial charge in [0.15, 0.2) is 5.13 Å². The van der Waals surface area contributed by atoms with Gasteiger partial charge in [-0.1, -0.05) is 40.9 Å². The van der Waals surface area contributed by atoms with Gasteiger partial charge in [-0.3, -0.25) is 19.5 Å². The summed E-state index contributed by atoms with van der Waals surface area (Å²) in [4.78, 5) is 38.2. The first-order valence-corrected chi connectivity index (χ1v) is 12.0. The number of carbonyl (C=O) groups excluding carboxylic acids is 2. The maximum Gasteiger partial charge on any atom is 0.273 e. The van der Waals surface area contributed by atoms with Crippen molar-refractivity contribution >= 4 is 68.8 Å². The highest BCUT2D eigenvalue weighted by atomic mass is 35.5. The SMILES string of the molecule is CN(Cc1ccccn1)C(=O)c1csc(N(C(=O)c2ccc(Cl)cc2Cl)c2ccc(Cl)cc2)n1. The number of hydrogen-bond donors (Lipinski definition) is 0. The fourth-order valence-electron chi connectivity index (χ4n) is 3.16. The number of nitrogens with zero attached hydrogens (tertiary/aromatic N) is 4. The summed E-state index contributed by atoms with van der Waals surface area (Å²) < 4.78 is 0. The molecule has 34 heavy (non-hydrogen) atoms. The third kappa shape index (κ3) is 5.39. The van der Waals surface area contributed by atoms with Gasteiger partial charge in [0.05, 0.1) is 28.5 Å². The molecule has 4 aromatic rings. The van der Waals surface area contributed by atoms with E-state index >= 15 is 0 Å². The van der Waals surface area contributed by atoms with Crippen molar-refractivity contribution in [1.29, 1.82) is 0 Å². The van der Waals surface area contributed by atoms with Gasteiger partial charge in [0.2, 0.25) is 0 Å². The molecule has 0 spiro atoms. The summed E-state index contributed by atoms with van der Waals surface area (Å²) in [6, 6.07) is 16.9. The van der Waals surface area contributed by atoms with Crippen LogP contribution < -0.4 is 4.90 Å². The molecular formula is C24H17Cl3N4O2S. The van der Waals surface area contributed by atoms with Gasteiger partial charge in [0, 0.05) is 28.7 Å². The number of anilines is 2. The first kappa shape index (κ1) is 24.2. The normalized spacial score (nSPS) is 10.7. The number of rotatable bonds is 6. The molecule has 0 aliphatic carbocycles. The highest BCUT2D eigenvalue weighted by Crippen LogP contribution is 2.33. The van der Waals surface area contributed by atoms with Crippen LogP contribution in [0.4, 0.5) is 10.8 Å². The molecule has 2 aromatic carbocycles. The first-order valence-electron chi connectivity index (χ1n) is 9.99. The second-order valence-corrected chi connectivity index (χ2v) is 9.36. The molecule has 0 saturated heterocycles. The maximum absolute atomic E-state index is 13.5. The molecule has 0 fully saturated rings. The molecule has 4 rings (SSSR count). The quantitative estimate of drug-likeness (QED) is 0.276. The van der Waals surface area contributed by atoms with E-state index in [0.29, 0.717) is 27.4 Å². The number of carbonyl (C=O) groups is 2. The Morgan fingerprint density at radius 2 is 1.68 bits per heavy atom. The number of amides is 2. The zero-order chi connectivity index (χ0) is 24.2. The minimum Gasteiger partial charge on any atom is -0.334 e. The number of aromatic nitrogens is 2. The number of hydrogen-bond acceptors (Lipinski definition) is 5. The molecular weight excluding hydrogens is 515 g/mol. The summed E-state index contributed by atoms with van der Waals surface area (Å²) in [5.41, 5.74) is 1.74. The molecule has 2 amide bonds. The van der Waals surface area contributed by atoms with Gasteiger partial charge in [0.25, 0.3) is 11.8 Å². The Morgan fingerprint density at radius 3 is 2.35 bits per heavy atom. The Bertz CT molecular complexity index is 1330. The summed E-state index contributed by atoms with van der Waals surface area (Å²) in [6.07, 6.45) is 1.67. The van der Waals surface area contributed by atoms with E-state index in [1.807, 2.05) is 18.2 Å². The van der Waals surface area contributed by atoms with Crippen molar-refractivity contribution in [2.24, 2.45) is 0 Å². The van der Waals surface area contributed by atoms with Crippen LogP contribution in [0.5, 0.6) is 0 Å². The summed E-state index contributed by atoms with van der Waals surface area (Å²) in [5.74, 6) is -0.708. The van der Waals surface area contributed by atoms with E-state index in [2.05, 4.69) is 9.97 Å². The number of thiazole rings is 1. The third-order valence-electron chi connectivity index (χ3n) is 4.82. The van der Waals surface area contributed by atoms with Crippen LogP contribution in [0.3, 0.4) is 0 Å². The van der Waals surface area contributed by atoms with Crippen molar-refractivity contribution in [3.05, 3.63) is 104 Å². The Labute approximate surface area is 215 Å². The van der Waals surface area contributed by atoms with Crippen molar-refractivity contribution in [2.45, 2.75) is 6.54 Å². The van der Waals surface area contributed by atoms with Crippen LogP contribution in [0.15, 0.2) is 72.2 Å². The summed E-state index contributed by atoms with van der Waals surface area (Å²) in [7, 11) is 1.67. The fourth-order valence-corrected chi connectivity index (χ4v) is 4.59. The molecule has 0 saturated carbocycles. The summed E-state index contributed by atoms with van der Waals surface area (Å²) in [5, 5.41) is 3.07. The van der Waals surface area contributed by atoms with Gasteiger partial charge in [-0.05, 0) is 54.6 Å². The first-order chi connectivity index (χ1) is 16.3. The van der Waals surface area contributed by atoms with Crippen LogP contribution in [-0.4, -0.2) is 33.7 Å². The van der Waals surface area contributed by atoms with Crippen molar-refractivity contribution in [1.82, 2.24) is 14.9 Å². The number of pyridine rings is 1. The zero-order valence-corrected chi connectivity index (χ0v) is 20.9. The predicted molar refractivity (Wildman–Crippen MR) is 137 cm³/mol. The van der Waals surface area contributed by atoms with E-state index in [9.17, 15) is 9.59 Å². The lowest BCUT2D eigenvalue weighted by atomic mass is 10.2. The minimum absolute atomic E-state index is 0.208. The smallest absolute Gasteiger partial charge is 0.273 e. The lowest BCUT2D eigenvalue weighted by Gasteiger charge is -2.21. The van der Waals surface area contributed by atoms with E-state index in [0.717, 1.165) is 5.69 Å². The van der Waals surface area contributed by atoms with Gasteiger partial charge in [-0.15, -0.1) is 11.3 Å². The predicted octanol–water partition coefficient (Wildman–Crippen LogP) is 6.75. The fraction of sp³-hybridized carbons (Fsp3) is 0.0833. The monoisotopic (exact) mass is 530 g/mol.